The van der Waals surface area contributed by atoms with Crippen molar-refractivity contribution in [3.05, 3.63) is 93.5 Å². The third-order valence-corrected chi connectivity index (χ3v) is 11.9. The zero-order valence-electron chi connectivity index (χ0n) is 31.1. The van der Waals surface area contributed by atoms with Crippen molar-refractivity contribution in [1.29, 1.82) is 0 Å². The van der Waals surface area contributed by atoms with Crippen LogP contribution in [-0.4, -0.2) is 57.1 Å². The Balaban J connectivity index is 1.27. The summed E-state index contributed by atoms with van der Waals surface area (Å²) in [6, 6.07) is 16.0. The molecule has 0 fully saturated rings. The average Bonchev–Trinajstić information content (AvgIpc) is 3.86. The average molecular weight is 751 g/mol. The van der Waals surface area contributed by atoms with Crippen LogP contribution < -0.4 is 9.64 Å². The normalized spacial score (nSPS) is 16.0. The number of alkyl halides is 1. The van der Waals surface area contributed by atoms with Gasteiger partial charge in [-0.25, -0.2) is 4.68 Å². The Morgan fingerprint density at radius 3 is 2.38 bits per heavy atom. The minimum absolute atomic E-state index is 0.150. The first-order chi connectivity index (χ1) is 25.4. The molecule has 0 aliphatic carbocycles. The number of amides is 1. The van der Waals surface area contributed by atoms with E-state index in [1.165, 1.54) is 0 Å². The van der Waals surface area contributed by atoms with Crippen LogP contribution in [0.3, 0.4) is 0 Å². The molecule has 1 amide bonds. The van der Waals surface area contributed by atoms with Crippen molar-refractivity contribution < 1.29 is 9.53 Å². The van der Waals surface area contributed by atoms with Gasteiger partial charge in [-0.15, -0.1) is 5.10 Å². The maximum Gasteiger partial charge on any atom is 0.276 e. The summed E-state index contributed by atoms with van der Waals surface area (Å²) in [5, 5.41) is 19.5. The van der Waals surface area contributed by atoms with E-state index in [-0.39, 0.29) is 11.9 Å². The quantitative estimate of drug-likeness (QED) is 0.0879. The summed E-state index contributed by atoms with van der Waals surface area (Å²) in [6.07, 6.45) is 3.30. The number of fused-ring (bicyclic) bond motifs is 4. The lowest BCUT2D eigenvalue weighted by Gasteiger charge is -2.38. The van der Waals surface area contributed by atoms with E-state index in [0.717, 1.165) is 83.0 Å². The van der Waals surface area contributed by atoms with Gasteiger partial charge in [0.15, 0.2) is 5.82 Å². The summed E-state index contributed by atoms with van der Waals surface area (Å²) in [5.41, 5.74) is 10.5. The number of aromatic nitrogens is 8. The molecule has 0 bridgehead atoms. The Kier molecular flexibility index (Phi) is 8.61. The monoisotopic (exact) mass is 749 g/mol. The van der Waals surface area contributed by atoms with Crippen molar-refractivity contribution >= 4 is 56.6 Å². The highest BCUT2D eigenvalue weighted by Crippen LogP contribution is 2.46. The maximum absolute atomic E-state index is 15.2. The van der Waals surface area contributed by atoms with Crippen molar-refractivity contribution in [1.82, 2.24) is 39.1 Å². The predicted molar refractivity (Wildman–Crippen MR) is 210 cm³/mol. The molecule has 11 nitrogen and oxygen atoms in total. The van der Waals surface area contributed by atoms with Gasteiger partial charge in [0.25, 0.3) is 5.91 Å². The second kappa shape index (κ2) is 13.1. The first-order valence-electron chi connectivity index (χ1n) is 17.7. The van der Waals surface area contributed by atoms with Crippen LogP contribution in [0.15, 0.2) is 54.7 Å². The van der Waals surface area contributed by atoms with Crippen molar-refractivity contribution in [3.63, 3.8) is 0 Å². The van der Waals surface area contributed by atoms with Gasteiger partial charge in [0.2, 0.25) is 0 Å². The second-order valence-electron chi connectivity index (χ2n) is 14.2. The van der Waals surface area contributed by atoms with E-state index in [9.17, 15) is 0 Å². The van der Waals surface area contributed by atoms with Crippen molar-refractivity contribution in [3.8, 4) is 28.3 Å². The number of para-hydroxylation sites is 1. The number of hydrogen-bond acceptors (Lipinski definition) is 6. The fourth-order valence-corrected chi connectivity index (χ4v) is 8.52. The number of nitrogens with zero attached hydrogens (tertiary/aromatic N) is 9. The van der Waals surface area contributed by atoms with Gasteiger partial charge in [0, 0.05) is 71.0 Å². The van der Waals surface area contributed by atoms with Gasteiger partial charge in [-0.2, -0.15) is 5.10 Å². The topological polar surface area (TPSA) is 101 Å². The van der Waals surface area contributed by atoms with Crippen molar-refractivity contribution in [2.24, 2.45) is 21.1 Å². The lowest BCUT2D eigenvalue weighted by molar-refractivity contribution is 0.0951. The van der Waals surface area contributed by atoms with Crippen LogP contribution in [0.25, 0.3) is 44.3 Å². The number of anilines is 1. The van der Waals surface area contributed by atoms with Crippen LogP contribution in [0.4, 0.5) is 5.69 Å². The van der Waals surface area contributed by atoms with Crippen LogP contribution in [-0.2, 0) is 27.6 Å². The number of aryl methyl sites for hydroxylation is 7. The van der Waals surface area contributed by atoms with E-state index < -0.39 is 5.50 Å². The Morgan fingerprint density at radius 1 is 0.943 bits per heavy atom. The summed E-state index contributed by atoms with van der Waals surface area (Å²) >= 11 is 13.9. The van der Waals surface area contributed by atoms with Gasteiger partial charge in [0.05, 0.1) is 29.5 Å². The van der Waals surface area contributed by atoms with E-state index in [2.05, 4.69) is 52.1 Å². The summed E-state index contributed by atoms with van der Waals surface area (Å²) < 4.78 is 14.0. The van der Waals surface area contributed by atoms with Gasteiger partial charge in [-0.1, -0.05) is 41.4 Å². The molecule has 5 heterocycles. The zero-order valence-corrected chi connectivity index (χ0v) is 32.6. The summed E-state index contributed by atoms with van der Waals surface area (Å²) in [7, 11) is 5.75. The lowest BCUT2D eigenvalue weighted by atomic mass is 9.98. The molecule has 3 aromatic carbocycles. The molecule has 7 aromatic rings. The molecule has 1 unspecified atom stereocenters. The molecule has 1 aliphatic heterocycles. The summed E-state index contributed by atoms with van der Waals surface area (Å²) in [5.74, 6) is 1.26. The number of rotatable bonds is 8. The largest absolute Gasteiger partial charge is 0.494 e. The molecule has 0 N–H and O–H groups in total. The number of tetrazole rings is 1. The fourth-order valence-electron chi connectivity index (χ4n) is 8.10. The Morgan fingerprint density at radius 2 is 1.70 bits per heavy atom. The Bertz CT molecular complexity index is 2570. The highest BCUT2D eigenvalue weighted by Gasteiger charge is 2.42. The summed E-state index contributed by atoms with van der Waals surface area (Å²) in [4.78, 5) is 17.0. The first-order valence-corrected chi connectivity index (χ1v) is 18.5. The number of ether oxygens (including phenoxy) is 1. The van der Waals surface area contributed by atoms with Crippen LogP contribution >= 0.6 is 23.2 Å². The van der Waals surface area contributed by atoms with E-state index >= 15 is 4.79 Å². The number of halogens is 2. The van der Waals surface area contributed by atoms with E-state index in [4.69, 9.17) is 33.0 Å². The van der Waals surface area contributed by atoms with Gasteiger partial charge in [-0.3, -0.25) is 14.4 Å². The molecule has 4 aromatic heterocycles. The standard InChI is InChI=1S/C40H41Cl2N9O2/c1-21-17-27(18-22(2)35(21)41)53-16-10-13-29-28-11-9-12-30(34-23(3)44-48(7)24(34)4)36(28)50-25(5)38(42)51(40(52)37(29)50)33-20-47(6)32-15-14-26(19-31(32)33)39-43-45-46-49(39)8/h9,11-12,14-15,17-20,25,38H,10,13,16H2,1-8H3/t25?,38-/m0/s1. The maximum atomic E-state index is 15.2. The van der Waals surface area contributed by atoms with Crippen LogP contribution in [0.1, 0.15) is 58.0 Å². The highest BCUT2D eigenvalue weighted by molar-refractivity contribution is 6.32. The highest BCUT2D eigenvalue weighted by atomic mass is 35.5. The van der Waals surface area contributed by atoms with E-state index in [1.807, 2.05) is 87.7 Å². The van der Waals surface area contributed by atoms with Crippen molar-refractivity contribution in [2.75, 3.05) is 11.5 Å². The molecule has 53 heavy (non-hydrogen) atoms. The predicted octanol–water partition coefficient (Wildman–Crippen LogP) is 8.41. The van der Waals surface area contributed by atoms with Gasteiger partial charge in [0.1, 0.15) is 16.9 Å². The molecule has 0 saturated heterocycles. The molecule has 0 saturated carbocycles. The minimum Gasteiger partial charge on any atom is -0.494 e. The van der Waals surface area contributed by atoms with Gasteiger partial charge in [-0.05, 0) is 105 Å². The van der Waals surface area contributed by atoms with Crippen molar-refractivity contribution in [2.45, 2.75) is 59.0 Å². The SMILES string of the molecule is Cc1cc(OCCCc2c3n(c4c(-c5c(C)nn(C)c5C)cccc24)C(C)[C@@H](Cl)N(c2cn(C)c4ccc(-c5nnnn5C)cc24)C3=O)cc(C)c1Cl. The number of carbonyl (C=O) groups excluding carboxylic acids is 1. The Hall–Kier alpha value is -5.13. The molecular weight excluding hydrogens is 709 g/mol. The van der Waals surface area contributed by atoms with Crippen LogP contribution in [0.2, 0.25) is 5.02 Å². The van der Waals surface area contributed by atoms with Crippen LogP contribution in [0.5, 0.6) is 5.75 Å². The second-order valence-corrected chi connectivity index (χ2v) is 15.0. The number of hydrogen-bond donors (Lipinski definition) is 0. The number of carbonyl (C=O) groups is 1. The molecular formula is C40H41Cl2N9O2. The third kappa shape index (κ3) is 5.51. The molecule has 0 radical (unpaired) electrons. The third-order valence-electron chi connectivity index (χ3n) is 10.7. The molecule has 2 atom stereocenters. The van der Waals surface area contributed by atoms with Gasteiger partial charge < -0.3 is 13.9 Å². The smallest absolute Gasteiger partial charge is 0.276 e. The van der Waals surface area contributed by atoms with E-state index in [1.54, 1.807) is 9.58 Å². The van der Waals surface area contributed by atoms with Crippen LogP contribution in [0, 0.1) is 27.7 Å². The molecule has 1 aliphatic rings. The summed E-state index contributed by atoms with van der Waals surface area (Å²) in [6.45, 7) is 10.7. The van der Waals surface area contributed by atoms with E-state index in [0.29, 0.717) is 31.0 Å². The lowest BCUT2D eigenvalue weighted by Crippen LogP contribution is -2.47. The Labute approximate surface area is 317 Å². The van der Waals surface area contributed by atoms with Gasteiger partial charge >= 0.3 is 0 Å². The number of benzene rings is 3. The molecule has 0 spiro atoms. The molecule has 272 valence electrons. The fraction of sp³-hybridized carbons (Fsp3) is 0.325. The molecule has 13 heteroatoms. The first kappa shape index (κ1) is 34.9. The zero-order chi connectivity index (χ0) is 37.5. The minimum atomic E-state index is -0.687. The molecule has 8 rings (SSSR count).